The molecular weight excluding hydrogens is 414 g/mol. The highest BCUT2D eigenvalue weighted by molar-refractivity contribution is 5.77. The van der Waals surface area contributed by atoms with Crippen molar-refractivity contribution in [1.82, 2.24) is 0 Å². The summed E-state index contributed by atoms with van der Waals surface area (Å²) in [5, 5.41) is 0. The molecular formula is C23H29N3O6. The zero-order valence-corrected chi connectivity index (χ0v) is 17.7. The van der Waals surface area contributed by atoms with Crippen molar-refractivity contribution in [1.29, 1.82) is 0 Å². The first-order valence-corrected chi connectivity index (χ1v) is 10.2. The van der Waals surface area contributed by atoms with Gasteiger partial charge in [-0.3, -0.25) is 14.4 Å². The van der Waals surface area contributed by atoms with Crippen LogP contribution in [0.5, 0.6) is 0 Å². The summed E-state index contributed by atoms with van der Waals surface area (Å²) in [6, 6.07) is 16.6. The zero-order chi connectivity index (χ0) is 23.3. The average molecular weight is 444 g/mol. The van der Waals surface area contributed by atoms with Gasteiger partial charge in [-0.2, -0.15) is 0 Å². The van der Waals surface area contributed by atoms with Crippen LogP contribution in [0.25, 0.3) is 0 Å². The number of hydrogen-bond donors (Lipinski definition) is 3. The van der Waals surface area contributed by atoms with Crippen molar-refractivity contribution in [3.8, 4) is 0 Å². The molecule has 9 nitrogen and oxygen atoms in total. The lowest BCUT2D eigenvalue weighted by Crippen LogP contribution is -2.41. The van der Waals surface area contributed by atoms with Crippen molar-refractivity contribution in [3.05, 3.63) is 71.8 Å². The number of carbonyl (C=O) groups is 3. The van der Waals surface area contributed by atoms with E-state index in [9.17, 15) is 14.4 Å². The molecule has 0 saturated carbocycles. The van der Waals surface area contributed by atoms with Crippen LogP contribution in [0.15, 0.2) is 60.7 Å². The molecule has 3 atom stereocenters. The topological polar surface area (TPSA) is 157 Å². The Hall–Kier alpha value is -3.27. The van der Waals surface area contributed by atoms with E-state index in [1.807, 2.05) is 60.7 Å². The van der Waals surface area contributed by atoms with Gasteiger partial charge in [0.15, 0.2) is 6.10 Å². The molecule has 0 fully saturated rings. The molecule has 2 aromatic carbocycles. The van der Waals surface area contributed by atoms with Gasteiger partial charge in [-0.25, -0.2) is 0 Å². The molecule has 6 N–H and O–H groups in total. The predicted octanol–water partition coefficient (Wildman–Crippen LogP) is 0.0833. The van der Waals surface area contributed by atoms with Crippen LogP contribution in [0.4, 0.5) is 0 Å². The first kappa shape index (κ1) is 25.0. The second kappa shape index (κ2) is 13.2. The number of benzene rings is 2. The molecule has 0 aliphatic carbocycles. The van der Waals surface area contributed by atoms with Gasteiger partial charge in [0.2, 0.25) is 0 Å². The largest absolute Gasteiger partial charge is 0.461 e. The van der Waals surface area contributed by atoms with Crippen LogP contribution in [-0.4, -0.2) is 55.9 Å². The lowest BCUT2D eigenvalue weighted by Gasteiger charge is -2.21. The van der Waals surface area contributed by atoms with Crippen LogP contribution < -0.4 is 17.2 Å². The fourth-order valence-electron chi connectivity index (χ4n) is 2.80. The standard InChI is InChI=1S/C23H29N3O6/c24-13-21(27)30-14-18(32-23(29)20(26)12-17-9-5-2-6-10-17)15-31-22(28)19(25)11-16-7-3-1-4-8-16/h1-10,18-20H,11-15,24-26H2/t18?,19-,20-/m0/s1. The average Bonchev–Trinajstić information content (AvgIpc) is 2.81. The van der Waals surface area contributed by atoms with Crippen molar-refractivity contribution in [3.63, 3.8) is 0 Å². The summed E-state index contributed by atoms with van der Waals surface area (Å²) in [6.45, 7) is -1.01. The molecule has 0 bridgehead atoms. The van der Waals surface area contributed by atoms with Crippen molar-refractivity contribution >= 4 is 17.9 Å². The van der Waals surface area contributed by atoms with Gasteiger partial charge < -0.3 is 31.4 Å². The molecule has 0 radical (unpaired) electrons. The molecule has 172 valence electrons. The SMILES string of the molecule is NCC(=O)OCC(COC(=O)[C@@H](N)Cc1ccccc1)OC(=O)[C@@H](N)Cc1ccccc1. The van der Waals surface area contributed by atoms with Crippen molar-refractivity contribution in [2.45, 2.75) is 31.0 Å². The maximum Gasteiger partial charge on any atom is 0.323 e. The molecule has 2 aromatic rings. The summed E-state index contributed by atoms with van der Waals surface area (Å²) in [6.07, 6.45) is -0.502. The van der Waals surface area contributed by atoms with Crippen LogP contribution in [0, 0.1) is 0 Å². The van der Waals surface area contributed by atoms with Crippen LogP contribution >= 0.6 is 0 Å². The number of rotatable bonds is 12. The van der Waals surface area contributed by atoms with Gasteiger partial charge in [0, 0.05) is 0 Å². The third-order valence-corrected chi connectivity index (χ3v) is 4.49. The summed E-state index contributed by atoms with van der Waals surface area (Å²) in [5.74, 6) is -2.08. The van der Waals surface area contributed by atoms with Gasteiger partial charge in [0.05, 0.1) is 6.54 Å². The molecule has 0 aliphatic heterocycles. The molecule has 0 saturated heterocycles. The van der Waals surface area contributed by atoms with Crippen molar-refractivity contribution < 1.29 is 28.6 Å². The van der Waals surface area contributed by atoms with E-state index in [4.69, 9.17) is 31.4 Å². The number of hydrogen-bond acceptors (Lipinski definition) is 9. The number of nitrogens with two attached hydrogens (primary N) is 3. The Kier molecular flexibility index (Phi) is 10.3. The molecule has 32 heavy (non-hydrogen) atoms. The molecule has 0 amide bonds. The molecule has 2 rings (SSSR count). The monoisotopic (exact) mass is 443 g/mol. The van der Waals surface area contributed by atoms with E-state index in [-0.39, 0.29) is 32.6 Å². The number of esters is 3. The van der Waals surface area contributed by atoms with E-state index in [0.717, 1.165) is 11.1 Å². The van der Waals surface area contributed by atoms with Crippen LogP contribution in [0.3, 0.4) is 0 Å². The van der Waals surface area contributed by atoms with Crippen LogP contribution in [0.2, 0.25) is 0 Å². The fraction of sp³-hybridized carbons (Fsp3) is 0.348. The van der Waals surface area contributed by atoms with Gasteiger partial charge in [-0.05, 0) is 24.0 Å². The minimum atomic E-state index is -1.05. The summed E-state index contributed by atoms with van der Waals surface area (Å²) >= 11 is 0. The highest BCUT2D eigenvalue weighted by Gasteiger charge is 2.25. The van der Waals surface area contributed by atoms with Gasteiger partial charge >= 0.3 is 17.9 Å². The van der Waals surface area contributed by atoms with Crippen molar-refractivity contribution in [2.24, 2.45) is 17.2 Å². The third-order valence-electron chi connectivity index (χ3n) is 4.49. The van der Waals surface area contributed by atoms with Gasteiger partial charge in [-0.15, -0.1) is 0 Å². The van der Waals surface area contributed by atoms with Gasteiger partial charge in [0.25, 0.3) is 0 Å². The predicted molar refractivity (Wildman–Crippen MR) is 117 cm³/mol. The minimum absolute atomic E-state index is 0.261. The maximum absolute atomic E-state index is 12.4. The van der Waals surface area contributed by atoms with E-state index >= 15 is 0 Å². The van der Waals surface area contributed by atoms with Gasteiger partial charge in [-0.1, -0.05) is 60.7 Å². The van der Waals surface area contributed by atoms with E-state index in [1.165, 1.54) is 0 Å². The van der Waals surface area contributed by atoms with Gasteiger partial charge in [0.1, 0.15) is 25.3 Å². The Morgan fingerprint density at radius 3 is 1.69 bits per heavy atom. The lowest BCUT2D eigenvalue weighted by molar-refractivity contribution is -0.167. The Bertz CT molecular complexity index is 863. The Balaban J connectivity index is 1.91. The quantitative estimate of drug-likeness (QED) is 0.305. The van der Waals surface area contributed by atoms with Crippen LogP contribution in [-0.2, 0) is 41.4 Å². The summed E-state index contributed by atoms with van der Waals surface area (Å²) in [4.78, 5) is 36.1. The van der Waals surface area contributed by atoms with Crippen molar-refractivity contribution in [2.75, 3.05) is 19.8 Å². The molecule has 0 heterocycles. The highest BCUT2D eigenvalue weighted by Crippen LogP contribution is 2.07. The second-order valence-corrected chi connectivity index (χ2v) is 7.17. The Morgan fingerprint density at radius 1 is 0.719 bits per heavy atom. The molecule has 0 aromatic heterocycles. The Labute approximate surface area is 186 Å². The Morgan fingerprint density at radius 2 is 1.19 bits per heavy atom. The molecule has 0 aliphatic rings. The fourth-order valence-corrected chi connectivity index (χ4v) is 2.80. The number of carbonyl (C=O) groups excluding carboxylic acids is 3. The molecule has 0 spiro atoms. The third kappa shape index (κ3) is 8.84. The van der Waals surface area contributed by atoms with E-state index in [2.05, 4.69) is 0 Å². The minimum Gasteiger partial charge on any atom is -0.461 e. The highest BCUT2D eigenvalue weighted by atomic mass is 16.6. The van der Waals surface area contributed by atoms with E-state index < -0.39 is 36.1 Å². The lowest BCUT2D eigenvalue weighted by atomic mass is 10.1. The molecule has 9 heteroatoms. The number of ether oxygens (including phenoxy) is 3. The smallest absolute Gasteiger partial charge is 0.323 e. The zero-order valence-electron chi connectivity index (χ0n) is 17.7. The summed E-state index contributed by atoms with van der Waals surface area (Å²) < 4.78 is 15.5. The molecule has 1 unspecified atom stereocenters. The summed E-state index contributed by atoms with van der Waals surface area (Å²) in [5.41, 5.74) is 18.8. The maximum atomic E-state index is 12.4. The van der Waals surface area contributed by atoms with E-state index in [1.54, 1.807) is 0 Å². The summed E-state index contributed by atoms with van der Waals surface area (Å²) in [7, 11) is 0. The first-order chi connectivity index (χ1) is 15.4. The second-order valence-electron chi connectivity index (χ2n) is 7.17. The first-order valence-electron chi connectivity index (χ1n) is 10.2. The van der Waals surface area contributed by atoms with Crippen LogP contribution in [0.1, 0.15) is 11.1 Å². The normalized spacial score (nSPS) is 13.5. The van der Waals surface area contributed by atoms with E-state index in [0.29, 0.717) is 0 Å².